The number of rotatable bonds is 9. The summed E-state index contributed by atoms with van der Waals surface area (Å²) in [5, 5.41) is 0. The van der Waals surface area contributed by atoms with Gasteiger partial charge in [0.25, 0.3) is 0 Å². The molecule has 64 heavy (non-hydrogen) atoms. The van der Waals surface area contributed by atoms with Gasteiger partial charge in [-0.15, -0.1) is 0 Å². The molecule has 0 heterocycles. The maximum absolute atomic E-state index is 2.33. The fourth-order valence-corrected chi connectivity index (χ4v) is 10.2. The summed E-state index contributed by atoms with van der Waals surface area (Å²) >= 11 is 0. The minimum atomic E-state index is 1.19. The average molecular weight is 819 g/mol. The van der Waals surface area contributed by atoms with Gasteiger partial charge in [0.15, 0.2) is 0 Å². The predicted molar refractivity (Wildman–Crippen MR) is 274 cm³/mol. The normalized spacial score (nSPS) is 11.1. The topological polar surface area (TPSA) is 0 Å². The molecule has 0 nitrogen and oxygen atoms in total. The van der Waals surface area contributed by atoms with Gasteiger partial charge in [-0.25, -0.2) is 0 Å². The summed E-state index contributed by atoms with van der Waals surface area (Å²) in [6.45, 7) is 9.21. The lowest BCUT2D eigenvalue weighted by Gasteiger charge is -2.26. The first-order valence-corrected chi connectivity index (χ1v) is 22.4. The average Bonchev–Trinajstić information content (AvgIpc) is 3.35. The molecule has 0 atom stereocenters. The second-order valence-corrected chi connectivity index (χ2v) is 16.9. The van der Waals surface area contributed by atoms with Crippen molar-refractivity contribution in [3.8, 4) is 100 Å². The first-order chi connectivity index (χ1) is 31.5. The third-order valence-corrected chi connectivity index (χ3v) is 13.1. The molecule has 10 aromatic carbocycles. The zero-order valence-electron chi connectivity index (χ0n) is 36.9. The second kappa shape index (κ2) is 17.5. The maximum atomic E-state index is 2.33. The molecule has 0 radical (unpaired) electrons. The first-order valence-electron chi connectivity index (χ1n) is 22.4. The third kappa shape index (κ3) is 7.38. The van der Waals surface area contributed by atoms with Crippen molar-refractivity contribution in [2.24, 2.45) is 0 Å². The molecule has 0 N–H and O–H groups in total. The van der Waals surface area contributed by atoms with Crippen LogP contribution in [0.5, 0.6) is 0 Å². The minimum Gasteiger partial charge on any atom is -0.0622 e. The molecule has 0 spiro atoms. The third-order valence-electron chi connectivity index (χ3n) is 13.1. The van der Waals surface area contributed by atoms with E-state index in [2.05, 4.69) is 258 Å². The molecule has 0 aliphatic rings. The molecular formula is C64H50. The fourth-order valence-electron chi connectivity index (χ4n) is 10.2. The van der Waals surface area contributed by atoms with E-state index in [0.29, 0.717) is 0 Å². The Balaban J connectivity index is 1.13. The zero-order valence-corrected chi connectivity index (χ0v) is 36.9. The predicted octanol–water partition coefficient (Wildman–Crippen LogP) is 17.9. The number of benzene rings is 10. The molecular weight excluding hydrogens is 769 g/mol. The largest absolute Gasteiger partial charge is 0.0622 e. The van der Waals surface area contributed by atoms with Crippen molar-refractivity contribution in [2.75, 3.05) is 0 Å². The lowest BCUT2D eigenvalue weighted by molar-refractivity contribution is 1.37. The fraction of sp³-hybridized carbons (Fsp3) is 0.0625. The van der Waals surface area contributed by atoms with Crippen LogP contribution >= 0.6 is 0 Å². The van der Waals surface area contributed by atoms with E-state index < -0.39 is 0 Å². The Kier molecular flexibility index (Phi) is 11.0. The van der Waals surface area contributed by atoms with Crippen LogP contribution < -0.4 is 0 Å². The molecule has 306 valence electrons. The molecule has 0 amide bonds. The van der Waals surface area contributed by atoms with Crippen LogP contribution in [0.4, 0.5) is 0 Å². The molecule has 0 fully saturated rings. The molecule has 0 saturated heterocycles. The van der Waals surface area contributed by atoms with E-state index in [0.717, 1.165) is 0 Å². The molecule has 0 heteroatoms. The summed E-state index contributed by atoms with van der Waals surface area (Å²) in [5.74, 6) is 0. The van der Waals surface area contributed by atoms with Gasteiger partial charge in [-0.05, 0) is 150 Å². The highest BCUT2D eigenvalue weighted by Gasteiger charge is 2.26. The van der Waals surface area contributed by atoms with Gasteiger partial charge in [0, 0.05) is 0 Å². The number of hydrogen-bond acceptors (Lipinski definition) is 0. The van der Waals surface area contributed by atoms with Crippen LogP contribution in [0.2, 0.25) is 0 Å². The Labute approximate surface area is 378 Å². The SMILES string of the molecule is Cc1c(-c2ccccc2)c(C)c(-c2ccccc2)c(-c2ccc(-c3ccc(-c4c(-c5ccccc5)c(C)c(-c5ccccc5)c(C)c4-c4ccccc4)cc3)cc2)c1-c1ccccc1. The summed E-state index contributed by atoms with van der Waals surface area (Å²) in [6.07, 6.45) is 0. The summed E-state index contributed by atoms with van der Waals surface area (Å²) in [6, 6.07) is 84.0. The van der Waals surface area contributed by atoms with Gasteiger partial charge >= 0.3 is 0 Å². The van der Waals surface area contributed by atoms with Crippen molar-refractivity contribution in [3.05, 3.63) is 253 Å². The quantitative estimate of drug-likeness (QED) is 0.136. The Morgan fingerprint density at radius 2 is 0.297 bits per heavy atom. The lowest BCUT2D eigenvalue weighted by atomic mass is 9.78. The minimum absolute atomic E-state index is 1.19. The summed E-state index contributed by atoms with van der Waals surface area (Å²) in [4.78, 5) is 0. The second-order valence-electron chi connectivity index (χ2n) is 16.9. The Morgan fingerprint density at radius 3 is 0.500 bits per heavy atom. The van der Waals surface area contributed by atoms with Crippen LogP contribution in [-0.2, 0) is 0 Å². The molecule has 10 rings (SSSR count). The Hall–Kier alpha value is -7.80. The van der Waals surface area contributed by atoms with Crippen LogP contribution in [-0.4, -0.2) is 0 Å². The van der Waals surface area contributed by atoms with E-state index in [1.54, 1.807) is 0 Å². The van der Waals surface area contributed by atoms with Gasteiger partial charge in [0.1, 0.15) is 0 Å². The van der Waals surface area contributed by atoms with Crippen LogP contribution in [0, 0.1) is 27.7 Å². The van der Waals surface area contributed by atoms with Crippen LogP contribution in [0.15, 0.2) is 231 Å². The van der Waals surface area contributed by atoms with E-state index in [1.165, 1.54) is 122 Å². The highest BCUT2D eigenvalue weighted by molar-refractivity contribution is 6.04. The molecule has 10 aromatic rings. The monoisotopic (exact) mass is 818 g/mol. The van der Waals surface area contributed by atoms with Gasteiger partial charge in [-0.2, -0.15) is 0 Å². The zero-order chi connectivity index (χ0) is 43.6. The summed E-state index contributed by atoms with van der Waals surface area (Å²) in [5.41, 5.74) is 27.5. The first kappa shape index (κ1) is 40.3. The van der Waals surface area contributed by atoms with Crippen LogP contribution in [0.1, 0.15) is 22.3 Å². The lowest BCUT2D eigenvalue weighted by Crippen LogP contribution is -2.01. The smallest absolute Gasteiger partial charge is 0.00210 e. The van der Waals surface area contributed by atoms with Crippen LogP contribution in [0.25, 0.3) is 100 Å². The van der Waals surface area contributed by atoms with Gasteiger partial charge < -0.3 is 0 Å². The van der Waals surface area contributed by atoms with Crippen molar-refractivity contribution in [1.82, 2.24) is 0 Å². The molecule has 0 aliphatic heterocycles. The van der Waals surface area contributed by atoms with Crippen molar-refractivity contribution in [2.45, 2.75) is 27.7 Å². The Bertz CT molecular complexity index is 2850. The van der Waals surface area contributed by atoms with E-state index >= 15 is 0 Å². The van der Waals surface area contributed by atoms with Crippen molar-refractivity contribution < 1.29 is 0 Å². The maximum Gasteiger partial charge on any atom is -0.00210 e. The number of hydrogen-bond donors (Lipinski definition) is 0. The molecule has 0 bridgehead atoms. The van der Waals surface area contributed by atoms with E-state index in [1.807, 2.05) is 0 Å². The van der Waals surface area contributed by atoms with Crippen molar-refractivity contribution in [1.29, 1.82) is 0 Å². The summed E-state index contributed by atoms with van der Waals surface area (Å²) in [7, 11) is 0. The van der Waals surface area contributed by atoms with Gasteiger partial charge in [0.2, 0.25) is 0 Å². The standard InChI is InChI=1S/C64H50/c1-43-57(49-23-11-5-12-24-49)44(2)60(52-29-17-8-18-30-52)63(59(43)51-27-15-7-16-28-51)55-39-35-47(36-40-55)48-37-41-56(42-38-48)64-61(53-31-19-9-20-32-53)45(3)58(50-25-13-6-14-26-50)46(4)62(64)54-33-21-10-22-34-54/h5-42H,1-4H3. The van der Waals surface area contributed by atoms with Gasteiger partial charge in [-0.1, -0.05) is 231 Å². The van der Waals surface area contributed by atoms with Crippen molar-refractivity contribution >= 4 is 0 Å². The highest BCUT2D eigenvalue weighted by atomic mass is 14.3. The van der Waals surface area contributed by atoms with Gasteiger partial charge in [-0.3, -0.25) is 0 Å². The molecule has 0 aromatic heterocycles. The molecule has 0 unspecified atom stereocenters. The Morgan fingerprint density at radius 1 is 0.141 bits per heavy atom. The van der Waals surface area contributed by atoms with E-state index in [4.69, 9.17) is 0 Å². The molecule has 0 saturated carbocycles. The van der Waals surface area contributed by atoms with Crippen LogP contribution in [0.3, 0.4) is 0 Å². The van der Waals surface area contributed by atoms with Gasteiger partial charge in [0.05, 0.1) is 0 Å². The van der Waals surface area contributed by atoms with E-state index in [9.17, 15) is 0 Å². The highest BCUT2D eigenvalue weighted by Crippen LogP contribution is 2.51. The molecule has 0 aliphatic carbocycles. The van der Waals surface area contributed by atoms with E-state index in [-0.39, 0.29) is 0 Å². The summed E-state index contributed by atoms with van der Waals surface area (Å²) < 4.78 is 0. The van der Waals surface area contributed by atoms with Crippen molar-refractivity contribution in [3.63, 3.8) is 0 Å².